The fourth-order valence-corrected chi connectivity index (χ4v) is 6.86. The van der Waals surface area contributed by atoms with E-state index >= 15 is 0 Å². The number of benzene rings is 3. The molecule has 1 spiro atoms. The van der Waals surface area contributed by atoms with E-state index in [1.54, 1.807) is 12.1 Å². The lowest BCUT2D eigenvalue weighted by atomic mass is 9.58. The molecule has 190 valence electrons. The highest BCUT2D eigenvalue weighted by atomic mass is 35.5. The average Bonchev–Trinajstić information content (AvgIpc) is 3.19. The number of ether oxygens (including phenoxy) is 1. The first-order valence-corrected chi connectivity index (χ1v) is 13.6. The van der Waals surface area contributed by atoms with Crippen molar-refractivity contribution in [1.29, 1.82) is 0 Å². The minimum atomic E-state index is -1.00. The first kappa shape index (κ1) is 24.3. The standard InChI is InChI=1S/C32H32ClNO3/c33-25-10-6-11-26(20-25)34-32(30(35)36)15-13-31(14-16-32)28-12-5-4-9-23(28)19-29(31)24-17-27(18-24)37-21-22-7-2-1-3-8-22/h1-12,19-20,24,27,34H,13-18,21H2,(H,35,36). The number of carboxylic acid groups (broad SMARTS) is 1. The van der Waals surface area contributed by atoms with Crippen LogP contribution in [0.4, 0.5) is 5.69 Å². The maximum atomic E-state index is 12.6. The number of rotatable bonds is 7. The quantitative estimate of drug-likeness (QED) is 0.344. The second kappa shape index (κ2) is 9.66. The first-order valence-electron chi connectivity index (χ1n) is 13.2. The van der Waals surface area contributed by atoms with Gasteiger partial charge in [0, 0.05) is 16.1 Å². The minimum absolute atomic E-state index is 0.0966. The highest BCUT2D eigenvalue weighted by molar-refractivity contribution is 6.30. The number of fused-ring (bicyclic) bond motifs is 2. The number of carbonyl (C=O) groups is 1. The molecule has 0 radical (unpaired) electrons. The average molecular weight is 514 g/mol. The van der Waals surface area contributed by atoms with Crippen molar-refractivity contribution in [2.75, 3.05) is 5.32 Å². The van der Waals surface area contributed by atoms with E-state index in [-0.39, 0.29) is 11.5 Å². The third kappa shape index (κ3) is 4.47. The number of allylic oxidation sites excluding steroid dienone is 1. The Hall–Kier alpha value is -3.08. The summed E-state index contributed by atoms with van der Waals surface area (Å²) in [6.45, 7) is 0.652. The highest BCUT2D eigenvalue weighted by Gasteiger charge is 2.54. The maximum absolute atomic E-state index is 12.6. The number of hydrogen-bond acceptors (Lipinski definition) is 3. The smallest absolute Gasteiger partial charge is 0.329 e. The van der Waals surface area contributed by atoms with Gasteiger partial charge in [0.2, 0.25) is 0 Å². The summed E-state index contributed by atoms with van der Waals surface area (Å²) in [5.74, 6) is -0.316. The van der Waals surface area contributed by atoms with Crippen LogP contribution < -0.4 is 5.32 Å². The van der Waals surface area contributed by atoms with E-state index < -0.39 is 11.5 Å². The molecule has 2 fully saturated rings. The van der Waals surface area contributed by atoms with Crippen LogP contribution in [-0.2, 0) is 21.6 Å². The Morgan fingerprint density at radius 3 is 2.41 bits per heavy atom. The Bertz CT molecular complexity index is 1320. The fraction of sp³-hybridized carbons (Fsp3) is 0.344. The second-order valence-electron chi connectivity index (χ2n) is 10.9. The summed E-state index contributed by atoms with van der Waals surface area (Å²) in [6.07, 6.45) is 7.45. The molecule has 3 aromatic carbocycles. The van der Waals surface area contributed by atoms with Crippen LogP contribution in [0.2, 0.25) is 5.02 Å². The van der Waals surface area contributed by atoms with Crippen molar-refractivity contribution in [1.82, 2.24) is 0 Å². The zero-order chi connectivity index (χ0) is 25.5. The van der Waals surface area contributed by atoms with Crippen molar-refractivity contribution in [3.63, 3.8) is 0 Å². The van der Waals surface area contributed by atoms with E-state index in [9.17, 15) is 9.90 Å². The van der Waals surface area contributed by atoms with E-state index in [1.807, 2.05) is 30.3 Å². The number of carboxylic acids is 1. The van der Waals surface area contributed by atoms with Crippen molar-refractivity contribution in [2.45, 2.75) is 62.2 Å². The van der Waals surface area contributed by atoms with Gasteiger partial charge in [0.25, 0.3) is 0 Å². The van der Waals surface area contributed by atoms with Gasteiger partial charge < -0.3 is 15.2 Å². The van der Waals surface area contributed by atoms with Gasteiger partial charge in [0.1, 0.15) is 5.54 Å². The predicted octanol–water partition coefficient (Wildman–Crippen LogP) is 7.48. The molecule has 4 nitrogen and oxygen atoms in total. The lowest BCUT2D eigenvalue weighted by Gasteiger charge is -2.49. The molecule has 3 aromatic rings. The Kier molecular flexibility index (Phi) is 6.34. The van der Waals surface area contributed by atoms with Crippen LogP contribution in [0.25, 0.3) is 6.08 Å². The maximum Gasteiger partial charge on any atom is 0.329 e. The van der Waals surface area contributed by atoms with Crippen LogP contribution in [0.5, 0.6) is 0 Å². The number of nitrogens with one attached hydrogen (secondary N) is 1. The van der Waals surface area contributed by atoms with Crippen molar-refractivity contribution in [2.24, 2.45) is 5.92 Å². The molecule has 3 aliphatic rings. The summed E-state index contributed by atoms with van der Waals surface area (Å²) in [6, 6.07) is 26.4. The summed E-state index contributed by atoms with van der Waals surface area (Å²) in [5.41, 5.74) is 5.00. The van der Waals surface area contributed by atoms with Crippen LogP contribution in [0, 0.1) is 5.92 Å². The third-order valence-electron chi connectivity index (χ3n) is 8.78. The molecule has 0 aliphatic heterocycles. The van der Waals surface area contributed by atoms with E-state index in [4.69, 9.17) is 16.3 Å². The number of halogens is 1. The van der Waals surface area contributed by atoms with Gasteiger partial charge in [0.05, 0.1) is 12.7 Å². The van der Waals surface area contributed by atoms with E-state index in [1.165, 1.54) is 22.3 Å². The molecular weight excluding hydrogens is 482 g/mol. The Balaban J connectivity index is 1.20. The topological polar surface area (TPSA) is 58.6 Å². The fourth-order valence-electron chi connectivity index (χ4n) is 6.67. The van der Waals surface area contributed by atoms with Gasteiger partial charge in [-0.25, -0.2) is 4.79 Å². The van der Waals surface area contributed by atoms with Gasteiger partial charge >= 0.3 is 5.97 Å². The van der Waals surface area contributed by atoms with Gasteiger partial charge in [-0.2, -0.15) is 0 Å². The molecule has 0 amide bonds. The van der Waals surface area contributed by atoms with Gasteiger partial charge in [0.15, 0.2) is 0 Å². The van der Waals surface area contributed by atoms with Crippen LogP contribution in [-0.4, -0.2) is 22.7 Å². The number of hydrogen-bond donors (Lipinski definition) is 2. The van der Waals surface area contributed by atoms with Crippen molar-refractivity contribution in [3.05, 3.63) is 106 Å². The Morgan fingerprint density at radius 1 is 0.946 bits per heavy atom. The molecule has 0 heterocycles. The van der Waals surface area contributed by atoms with E-state index in [0.717, 1.165) is 31.4 Å². The van der Waals surface area contributed by atoms with Crippen LogP contribution in [0.15, 0.2) is 84.4 Å². The lowest BCUT2D eigenvalue weighted by Crippen LogP contribution is -2.53. The van der Waals surface area contributed by atoms with Gasteiger partial charge in [-0.15, -0.1) is 0 Å². The monoisotopic (exact) mass is 513 g/mol. The molecule has 2 N–H and O–H groups in total. The summed E-state index contributed by atoms with van der Waals surface area (Å²) in [5, 5.41) is 14.3. The number of aliphatic carboxylic acids is 1. The molecule has 2 saturated carbocycles. The van der Waals surface area contributed by atoms with Crippen LogP contribution in [0.1, 0.15) is 55.2 Å². The predicted molar refractivity (Wildman–Crippen MR) is 148 cm³/mol. The van der Waals surface area contributed by atoms with Gasteiger partial charge in [-0.1, -0.05) is 83.9 Å². The molecular formula is C32H32ClNO3. The van der Waals surface area contributed by atoms with Crippen molar-refractivity contribution >= 4 is 29.3 Å². The second-order valence-corrected chi connectivity index (χ2v) is 11.3. The SMILES string of the molecule is O=C(O)C1(Nc2cccc(Cl)c2)CCC2(CC1)C(C1CC(OCc3ccccc3)C1)=Cc1ccccc12. The Labute approximate surface area is 223 Å². The van der Waals surface area contributed by atoms with Gasteiger partial charge in [-0.05, 0) is 79.3 Å². The summed E-state index contributed by atoms with van der Waals surface area (Å²) < 4.78 is 6.22. The normalized spacial score (nSPS) is 28.3. The molecule has 37 heavy (non-hydrogen) atoms. The summed E-state index contributed by atoms with van der Waals surface area (Å²) in [4.78, 5) is 12.6. The van der Waals surface area contributed by atoms with Crippen molar-refractivity contribution in [3.8, 4) is 0 Å². The minimum Gasteiger partial charge on any atom is -0.480 e. The number of anilines is 1. The lowest BCUT2D eigenvalue weighted by molar-refractivity contribution is -0.143. The largest absolute Gasteiger partial charge is 0.480 e. The summed E-state index contributed by atoms with van der Waals surface area (Å²) in [7, 11) is 0. The Morgan fingerprint density at radius 2 is 1.68 bits per heavy atom. The zero-order valence-corrected chi connectivity index (χ0v) is 21.6. The van der Waals surface area contributed by atoms with Crippen molar-refractivity contribution < 1.29 is 14.6 Å². The molecule has 0 unspecified atom stereocenters. The highest BCUT2D eigenvalue weighted by Crippen LogP contribution is 2.58. The van der Waals surface area contributed by atoms with Gasteiger partial charge in [-0.3, -0.25) is 0 Å². The molecule has 0 saturated heterocycles. The molecule has 0 atom stereocenters. The molecule has 0 bridgehead atoms. The van der Waals surface area contributed by atoms with Crippen LogP contribution in [0.3, 0.4) is 0 Å². The zero-order valence-electron chi connectivity index (χ0n) is 20.8. The van der Waals surface area contributed by atoms with E-state index in [2.05, 4.69) is 47.8 Å². The first-order chi connectivity index (χ1) is 18.0. The van der Waals surface area contributed by atoms with Crippen LogP contribution >= 0.6 is 11.6 Å². The molecule has 6 rings (SSSR count). The molecule has 5 heteroatoms. The third-order valence-corrected chi connectivity index (χ3v) is 9.01. The molecule has 0 aromatic heterocycles. The van der Waals surface area contributed by atoms with E-state index in [0.29, 0.717) is 30.4 Å². The molecule has 3 aliphatic carbocycles. The summed E-state index contributed by atoms with van der Waals surface area (Å²) >= 11 is 6.18.